The number of β-amino-alcohol motifs (C(OH)–C–C–N with tert-alkyl or cyclic N) is 1. The summed E-state index contributed by atoms with van der Waals surface area (Å²) in [5.41, 5.74) is 1.27. The van der Waals surface area contributed by atoms with E-state index in [2.05, 4.69) is 40.0 Å². The van der Waals surface area contributed by atoms with Crippen molar-refractivity contribution in [2.75, 3.05) is 50.8 Å². The third-order valence-electron chi connectivity index (χ3n) is 3.46. The molecule has 4 heteroatoms. The largest absolute Gasteiger partial charge is 0.389 e. The van der Waals surface area contributed by atoms with E-state index in [1.54, 1.807) is 0 Å². The molecule has 0 aromatic heterocycles. The fraction of sp³-hybridized carbons (Fsp3) is 0.500. The maximum absolute atomic E-state index is 9.86. The molecule has 0 saturated carbocycles. The third kappa shape index (κ3) is 4.53. The van der Waals surface area contributed by atoms with Gasteiger partial charge in [0.25, 0.3) is 0 Å². The Kier molecular flexibility index (Phi) is 5.87. The second-order valence-electron chi connectivity index (χ2n) is 5.00. The Morgan fingerprint density at radius 1 is 1.20 bits per heavy atom. The number of terminal acetylenes is 1. The molecule has 0 aliphatic carbocycles. The lowest BCUT2D eigenvalue weighted by Gasteiger charge is -2.36. The first kappa shape index (κ1) is 14.9. The number of anilines is 1. The fourth-order valence-electron chi connectivity index (χ4n) is 2.43. The number of hydrogen-bond acceptors (Lipinski definition) is 4. The van der Waals surface area contributed by atoms with Crippen molar-refractivity contribution in [1.29, 1.82) is 0 Å². The van der Waals surface area contributed by atoms with Gasteiger partial charge in [-0.2, -0.15) is 0 Å². The van der Waals surface area contributed by atoms with Gasteiger partial charge in [0.05, 0.1) is 12.7 Å². The van der Waals surface area contributed by atoms with Crippen LogP contribution in [0.4, 0.5) is 5.69 Å². The highest BCUT2D eigenvalue weighted by molar-refractivity contribution is 5.46. The number of piperazine rings is 1. The summed E-state index contributed by atoms with van der Waals surface area (Å²) in [6, 6.07) is 10.4. The maximum Gasteiger partial charge on any atom is 0.107 e. The minimum absolute atomic E-state index is 0.263. The number of ether oxygens (including phenoxy) is 1. The summed E-state index contributed by atoms with van der Waals surface area (Å²) in [6.45, 7) is 5.11. The van der Waals surface area contributed by atoms with Crippen LogP contribution in [0.15, 0.2) is 30.3 Å². The van der Waals surface area contributed by atoms with Crippen molar-refractivity contribution in [2.45, 2.75) is 6.10 Å². The van der Waals surface area contributed by atoms with Gasteiger partial charge in [-0.05, 0) is 12.1 Å². The quantitative estimate of drug-likeness (QED) is 0.615. The lowest BCUT2D eigenvalue weighted by Crippen LogP contribution is -2.49. The molecule has 108 valence electrons. The van der Waals surface area contributed by atoms with Gasteiger partial charge in [-0.25, -0.2) is 0 Å². The molecular weight excluding hydrogens is 252 g/mol. The number of aliphatic hydroxyl groups is 1. The first-order valence-corrected chi connectivity index (χ1v) is 7.01. The number of para-hydroxylation sites is 1. The van der Waals surface area contributed by atoms with E-state index in [0.717, 1.165) is 26.2 Å². The van der Waals surface area contributed by atoms with Gasteiger partial charge in [0.15, 0.2) is 0 Å². The molecule has 1 aliphatic heterocycles. The molecule has 1 atom stereocenters. The number of aliphatic hydroxyl groups excluding tert-OH is 1. The molecule has 1 aliphatic rings. The molecule has 0 unspecified atom stereocenters. The number of hydrogen-bond donors (Lipinski definition) is 1. The Morgan fingerprint density at radius 2 is 1.90 bits per heavy atom. The predicted octanol–water partition coefficient (Wildman–Crippen LogP) is 0.819. The summed E-state index contributed by atoms with van der Waals surface area (Å²) in [5.74, 6) is 2.40. The number of benzene rings is 1. The van der Waals surface area contributed by atoms with E-state index >= 15 is 0 Å². The van der Waals surface area contributed by atoms with Gasteiger partial charge in [0.2, 0.25) is 0 Å². The average Bonchev–Trinajstić information content (AvgIpc) is 2.49. The van der Waals surface area contributed by atoms with E-state index in [1.165, 1.54) is 5.69 Å². The normalized spacial score (nSPS) is 17.7. The lowest BCUT2D eigenvalue weighted by atomic mass is 10.2. The third-order valence-corrected chi connectivity index (χ3v) is 3.46. The first-order chi connectivity index (χ1) is 9.79. The fourth-order valence-corrected chi connectivity index (χ4v) is 2.43. The van der Waals surface area contributed by atoms with Crippen LogP contribution in [0.1, 0.15) is 0 Å². The average molecular weight is 274 g/mol. The van der Waals surface area contributed by atoms with Crippen LogP contribution in [0.5, 0.6) is 0 Å². The van der Waals surface area contributed by atoms with Gasteiger partial charge >= 0.3 is 0 Å². The van der Waals surface area contributed by atoms with Crippen LogP contribution < -0.4 is 4.90 Å². The molecule has 1 heterocycles. The zero-order chi connectivity index (χ0) is 14.2. The topological polar surface area (TPSA) is 35.9 Å². The molecule has 1 N–H and O–H groups in total. The number of rotatable bonds is 6. The van der Waals surface area contributed by atoms with Crippen LogP contribution in [0.3, 0.4) is 0 Å². The second kappa shape index (κ2) is 7.91. The van der Waals surface area contributed by atoms with Crippen LogP contribution in [0.2, 0.25) is 0 Å². The summed E-state index contributed by atoms with van der Waals surface area (Å²) in [7, 11) is 0. The molecule has 0 radical (unpaired) electrons. The molecule has 0 bridgehead atoms. The Hall–Kier alpha value is -1.54. The zero-order valence-corrected chi connectivity index (χ0v) is 11.7. The van der Waals surface area contributed by atoms with Crippen molar-refractivity contribution in [3.63, 3.8) is 0 Å². The van der Waals surface area contributed by atoms with Crippen molar-refractivity contribution in [3.8, 4) is 12.3 Å². The summed E-state index contributed by atoms with van der Waals surface area (Å²) in [4.78, 5) is 4.64. The highest BCUT2D eigenvalue weighted by Gasteiger charge is 2.19. The van der Waals surface area contributed by atoms with Gasteiger partial charge in [0, 0.05) is 38.4 Å². The van der Waals surface area contributed by atoms with Crippen LogP contribution in [0.25, 0.3) is 0 Å². The van der Waals surface area contributed by atoms with Gasteiger partial charge in [-0.1, -0.05) is 24.1 Å². The van der Waals surface area contributed by atoms with Gasteiger partial charge in [0.1, 0.15) is 6.61 Å². The minimum Gasteiger partial charge on any atom is -0.389 e. The highest BCUT2D eigenvalue weighted by Crippen LogP contribution is 2.15. The summed E-state index contributed by atoms with van der Waals surface area (Å²) in [5, 5.41) is 9.86. The van der Waals surface area contributed by atoms with Gasteiger partial charge in [-0.15, -0.1) is 6.42 Å². The monoisotopic (exact) mass is 274 g/mol. The van der Waals surface area contributed by atoms with Gasteiger partial charge < -0.3 is 14.7 Å². The Bertz CT molecular complexity index is 422. The Balaban J connectivity index is 1.70. The summed E-state index contributed by atoms with van der Waals surface area (Å²) < 4.78 is 5.15. The van der Waals surface area contributed by atoms with E-state index in [0.29, 0.717) is 13.2 Å². The second-order valence-corrected chi connectivity index (χ2v) is 5.00. The van der Waals surface area contributed by atoms with Crippen molar-refractivity contribution in [3.05, 3.63) is 30.3 Å². The Morgan fingerprint density at radius 3 is 2.55 bits per heavy atom. The molecule has 0 spiro atoms. The highest BCUT2D eigenvalue weighted by atomic mass is 16.5. The van der Waals surface area contributed by atoms with Crippen molar-refractivity contribution < 1.29 is 9.84 Å². The van der Waals surface area contributed by atoms with E-state index in [1.807, 2.05) is 6.07 Å². The van der Waals surface area contributed by atoms with E-state index in [-0.39, 0.29) is 6.61 Å². The molecular formula is C16H22N2O2. The molecule has 0 amide bonds. The van der Waals surface area contributed by atoms with E-state index in [4.69, 9.17) is 11.2 Å². The van der Waals surface area contributed by atoms with E-state index < -0.39 is 6.10 Å². The SMILES string of the molecule is C#CCOC[C@H](O)CN1CCN(c2ccccc2)CC1. The molecule has 4 nitrogen and oxygen atoms in total. The smallest absolute Gasteiger partial charge is 0.107 e. The molecule has 1 aromatic rings. The number of nitrogens with zero attached hydrogens (tertiary/aromatic N) is 2. The van der Waals surface area contributed by atoms with Crippen LogP contribution in [-0.4, -0.2) is 62.0 Å². The van der Waals surface area contributed by atoms with Crippen LogP contribution in [-0.2, 0) is 4.74 Å². The minimum atomic E-state index is -0.466. The van der Waals surface area contributed by atoms with Crippen molar-refractivity contribution >= 4 is 5.69 Å². The summed E-state index contributed by atoms with van der Waals surface area (Å²) in [6.07, 6.45) is 4.63. The first-order valence-electron chi connectivity index (χ1n) is 7.01. The molecule has 20 heavy (non-hydrogen) atoms. The van der Waals surface area contributed by atoms with Crippen molar-refractivity contribution in [1.82, 2.24) is 4.90 Å². The lowest BCUT2D eigenvalue weighted by molar-refractivity contribution is 0.0267. The molecule has 1 fully saturated rings. The van der Waals surface area contributed by atoms with Crippen molar-refractivity contribution in [2.24, 2.45) is 0 Å². The Labute approximate surface area is 121 Å². The standard InChI is InChI=1S/C16H22N2O2/c1-2-12-20-14-16(19)13-17-8-10-18(11-9-17)15-6-4-3-5-7-15/h1,3-7,16,19H,8-14H2/t16-/m1/s1. The predicted molar refractivity (Wildman–Crippen MR) is 80.8 cm³/mol. The van der Waals surface area contributed by atoms with E-state index in [9.17, 15) is 5.11 Å². The molecule has 2 rings (SSSR count). The van der Waals surface area contributed by atoms with Crippen LogP contribution in [0, 0.1) is 12.3 Å². The maximum atomic E-state index is 9.86. The zero-order valence-electron chi connectivity index (χ0n) is 11.7. The van der Waals surface area contributed by atoms with Gasteiger partial charge in [-0.3, -0.25) is 4.90 Å². The molecule has 1 saturated heterocycles. The van der Waals surface area contributed by atoms with Crippen LogP contribution >= 0.6 is 0 Å². The summed E-state index contributed by atoms with van der Waals surface area (Å²) >= 11 is 0. The molecule has 1 aromatic carbocycles.